The van der Waals surface area contributed by atoms with E-state index in [0.29, 0.717) is 18.5 Å². The van der Waals surface area contributed by atoms with E-state index in [-0.39, 0.29) is 11.8 Å². The average Bonchev–Trinajstić information content (AvgIpc) is 3.09. The van der Waals surface area contributed by atoms with Crippen LogP contribution in [0, 0.1) is 0 Å². The van der Waals surface area contributed by atoms with Crippen molar-refractivity contribution >= 4 is 23.5 Å². The molecule has 26 heavy (non-hydrogen) atoms. The molecule has 0 aliphatic carbocycles. The van der Waals surface area contributed by atoms with Crippen LogP contribution in [-0.4, -0.2) is 34.8 Å². The Labute approximate surface area is 151 Å². The van der Waals surface area contributed by atoms with Crippen LogP contribution in [0.15, 0.2) is 60.9 Å². The monoisotopic (exact) mass is 348 g/mol. The van der Waals surface area contributed by atoms with Gasteiger partial charge in [-0.05, 0) is 35.9 Å². The summed E-state index contributed by atoms with van der Waals surface area (Å²) in [4.78, 5) is 27.9. The molecular formula is C20H20N4O2. The van der Waals surface area contributed by atoms with Crippen molar-refractivity contribution in [3.63, 3.8) is 0 Å². The van der Waals surface area contributed by atoms with Crippen molar-refractivity contribution in [2.45, 2.75) is 6.42 Å². The van der Waals surface area contributed by atoms with Crippen LogP contribution in [-0.2, 0) is 11.2 Å². The van der Waals surface area contributed by atoms with Crippen molar-refractivity contribution in [1.82, 2.24) is 20.0 Å². The van der Waals surface area contributed by atoms with E-state index in [1.165, 1.54) is 6.08 Å². The maximum absolute atomic E-state index is 11.9. The van der Waals surface area contributed by atoms with Gasteiger partial charge in [-0.15, -0.1) is 0 Å². The maximum atomic E-state index is 11.9. The van der Waals surface area contributed by atoms with Crippen LogP contribution in [0.1, 0.15) is 21.6 Å². The molecule has 6 heteroatoms. The van der Waals surface area contributed by atoms with Gasteiger partial charge in [-0.1, -0.05) is 18.2 Å². The predicted molar refractivity (Wildman–Crippen MR) is 101 cm³/mol. The van der Waals surface area contributed by atoms with Crippen LogP contribution in [0.3, 0.4) is 0 Å². The van der Waals surface area contributed by atoms with Gasteiger partial charge in [0.25, 0.3) is 5.91 Å². The second-order valence-corrected chi connectivity index (χ2v) is 5.77. The van der Waals surface area contributed by atoms with Gasteiger partial charge in [-0.2, -0.15) is 0 Å². The van der Waals surface area contributed by atoms with Gasteiger partial charge in [-0.25, -0.2) is 4.98 Å². The molecule has 0 aliphatic heterocycles. The molecule has 132 valence electrons. The molecule has 0 saturated heterocycles. The van der Waals surface area contributed by atoms with Crippen molar-refractivity contribution in [2.24, 2.45) is 0 Å². The van der Waals surface area contributed by atoms with Crippen molar-refractivity contribution < 1.29 is 9.59 Å². The first kappa shape index (κ1) is 17.4. The van der Waals surface area contributed by atoms with Gasteiger partial charge in [0, 0.05) is 44.0 Å². The predicted octanol–water partition coefficient (Wildman–Crippen LogP) is 2.07. The van der Waals surface area contributed by atoms with Gasteiger partial charge < -0.3 is 15.0 Å². The quantitative estimate of drug-likeness (QED) is 0.670. The first-order valence-electron chi connectivity index (χ1n) is 8.36. The first-order chi connectivity index (χ1) is 12.7. The Balaban J connectivity index is 1.49. The maximum Gasteiger partial charge on any atom is 0.251 e. The second-order valence-electron chi connectivity index (χ2n) is 5.77. The molecule has 0 aliphatic rings. The summed E-state index contributed by atoms with van der Waals surface area (Å²) in [6.07, 6.45) is 7.78. The summed E-state index contributed by atoms with van der Waals surface area (Å²) >= 11 is 0. The number of nitrogens with zero attached hydrogens (tertiary/aromatic N) is 2. The SMILES string of the molecule is CNC(=O)c1ccc(/C=C/C(=O)NCCc2cn3ccccc3n2)cc1. The highest BCUT2D eigenvalue weighted by Crippen LogP contribution is 2.07. The van der Waals surface area contributed by atoms with E-state index in [1.807, 2.05) is 35.0 Å². The van der Waals surface area contributed by atoms with E-state index < -0.39 is 0 Å². The highest BCUT2D eigenvalue weighted by Gasteiger charge is 2.03. The van der Waals surface area contributed by atoms with Gasteiger partial charge >= 0.3 is 0 Å². The van der Waals surface area contributed by atoms with E-state index >= 15 is 0 Å². The standard InChI is InChI=1S/C20H20N4O2/c1-21-20(26)16-8-5-15(6-9-16)7-10-19(25)22-12-11-17-14-24-13-3-2-4-18(24)23-17/h2-10,13-14H,11-12H2,1H3,(H,21,26)(H,22,25)/b10-7+. The van der Waals surface area contributed by atoms with Crippen molar-refractivity contribution in [2.75, 3.05) is 13.6 Å². The van der Waals surface area contributed by atoms with Crippen LogP contribution < -0.4 is 10.6 Å². The highest BCUT2D eigenvalue weighted by atomic mass is 16.2. The third-order valence-corrected chi connectivity index (χ3v) is 3.92. The minimum absolute atomic E-state index is 0.134. The van der Waals surface area contributed by atoms with E-state index in [1.54, 1.807) is 37.4 Å². The van der Waals surface area contributed by atoms with E-state index in [2.05, 4.69) is 15.6 Å². The summed E-state index contributed by atoms with van der Waals surface area (Å²) in [5, 5.41) is 5.41. The van der Waals surface area contributed by atoms with Crippen LogP contribution in [0.4, 0.5) is 0 Å². The number of imidazole rings is 1. The zero-order chi connectivity index (χ0) is 18.4. The average molecular weight is 348 g/mol. The molecule has 2 heterocycles. The topological polar surface area (TPSA) is 75.5 Å². The van der Waals surface area contributed by atoms with Crippen LogP contribution in [0.25, 0.3) is 11.7 Å². The van der Waals surface area contributed by atoms with Crippen LogP contribution in [0.5, 0.6) is 0 Å². The molecule has 3 rings (SSSR count). The number of amides is 2. The molecule has 0 atom stereocenters. The molecule has 0 saturated carbocycles. The number of pyridine rings is 1. The summed E-state index contributed by atoms with van der Waals surface area (Å²) in [5.41, 5.74) is 3.27. The molecule has 0 radical (unpaired) electrons. The molecule has 3 aromatic rings. The Morgan fingerprint density at radius 3 is 2.69 bits per heavy atom. The Morgan fingerprint density at radius 1 is 1.15 bits per heavy atom. The minimum Gasteiger partial charge on any atom is -0.355 e. The molecule has 2 amide bonds. The van der Waals surface area contributed by atoms with Gasteiger partial charge in [0.2, 0.25) is 5.91 Å². The lowest BCUT2D eigenvalue weighted by molar-refractivity contribution is -0.116. The van der Waals surface area contributed by atoms with Gasteiger partial charge in [0.15, 0.2) is 0 Å². The van der Waals surface area contributed by atoms with Crippen molar-refractivity contribution in [3.8, 4) is 0 Å². The van der Waals surface area contributed by atoms with Gasteiger partial charge in [0.05, 0.1) is 5.69 Å². The van der Waals surface area contributed by atoms with Gasteiger partial charge in [-0.3, -0.25) is 9.59 Å². The molecule has 0 fully saturated rings. The summed E-state index contributed by atoms with van der Waals surface area (Å²) in [6, 6.07) is 12.9. The highest BCUT2D eigenvalue weighted by molar-refractivity contribution is 5.94. The Hall–Kier alpha value is -3.41. The third kappa shape index (κ3) is 4.36. The molecule has 2 N–H and O–H groups in total. The van der Waals surface area contributed by atoms with Crippen LogP contribution >= 0.6 is 0 Å². The number of carbonyl (C=O) groups excluding carboxylic acids is 2. The summed E-state index contributed by atoms with van der Waals surface area (Å²) in [7, 11) is 1.59. The number of rotatable bonds is 6. The second kappa shape index (κ2) is 8.11. The fourth-order valence-electron chi connectivity index (χ4n) is 2.54. The normalized spacial score (nSPS) is 11.0. The van der Waals surface area contributed by atoms with E-state index in [9.17, 15) is 9.59 Å². The molecule has 0 spiro atoms. The molecule has 2 aromatic heterocycles. The number of benzene rings is 1. The summed E-state index contributed by atoms with van der Waals surface area (Å²) in [5.74, 6) is -0.297. The largest absolute Gasteiger partial charge is 0.355 e. The first-order valence-corrected chi connectivity index (χ1v) is 8.36. The Kier molecular flexibility index (Phi) is 5.43. The number of hydrogen-bond acceptors (Lipinski definition) is 3. The number of aromatic nitrogens is 2. The molecule has 0 bridgehead atoms. The number of nitrogens with one attached hydrogen (secondary N) is 2. The number of fused-ring (bicyclic) bond motifs is 1. The third-order valence-electron chi connectivity index (χ3n) is 3.92. The van der Waals surface area contributed by atoms with Crippen molar-refractivity contribution in [1.29, 1.82) is 0 Å². The lowest BCUT2D eigenvalue weighted by Crippen LogP contribution is -2.23. The zero-order valence-electron chi connectivity index (χ0n) is 14.5. The number of hydrogen-bond donors (Lipinski definition) is 2. The molecular weight excluding hydrogens is 328 g/mol. The molecule has 6 nitrogen and oxygen atoms in total. The van der Waals surface area contributed by atoms with Crippen molar-refractivity contribution in [3.05, 3.63) is 77.8 Å². The Morgan fingerprint density at radius 2 is 1.96 bits per heavy atom. The molecule has 1 aromatic carbocycles. The van der Waals surface area contributed by atoms with E-state index in [4.69, 9.17) is 0 Å². The summed E-state index contributed by atoms with van der Waals surface area (Å²) < 4.78 is 1.96. The minimum atomic E-state index is -0.163. The Bertz CT molecular complexity index is 909. The number of carbonyl (C=O) groups is 2. The van der Waals surface area contributed by atoms with Gasteiger partial charge in [0.1, 0.15) is 5.65 Å². The smallest absolute Gasteiger partial charge is 0.251 e. The molecule has 0 unspecified atom stereocenters. The lowest BCUT2D eigenvalue weighted by atomic mass is 10.1. The summed E-state index contributed by atoms with van der Waals surface area (Å²) in [6.45, 7) is 0.517. The van der Waals surface area contributed by atoms with E-state index in [0.717, 1.165) is 16.9 Å². The van der Waals surface area contributed by atoms with Crippen LogP contribution in [0.2, 0.25) is 0 Å². The zero-order valence-corrected chi connectivity index (χ0v) is 14.5. The lowest BCUT2D eigenvalue weighted by Gasteiger charge is -2.01. The fourth-order valence-corrected chi connectivity index (χ4v) is 2.54. The fraction of sp³-hybridized carbons (Fsp3) is 0.150.